The molecule has 11 nitrogen and oxygen atoms in total. The second-order valence-electron chi connectivity index (χ2n) is 6.70. The molecule has 0 aromatic carbocycles. The number of piperazine rings is 1. The van der Waals surface area contributed by atoms with Crippen molar-refractivity contribution in [3.05, 3.63) is 35.4 Å². The number of aromatic nitrogens is 4. The zero-order chi connectivity index (χ0) is 21.6. The summed E-state index contributed by atoms with van der Waals surface area (Å²) in [6.45, 7) is 3.66. The lowest BCUT2D eigenvalue weighted by Crippen LogP contribution is -2.47. The van der Waals surface area contributed by atoms with Crippen molar-refractivity contribution in [1.82, 2.24) is 25.3 Å². The summed E-state index contributed by atoms with van der Waals surface area (Å²) < 4.78 is 10.7. The molecule has 162 valence electrons. The van der Waals surface area contributed by atoms with Crippen molar-refractivity contribution in [3.8, 4) is 5.88 Å². The lowest BCUT2D eigenvalue weighted by molar-refractivity contribution is -0.115. The standard InChI is InChI=1S/C19H21N7O4S/c1-29-6-7-30-16-9-13(8-15-17(27)24-19(28)31-15)22-18(23-16)26-4-2-25(3-5-26)14-10-20-12-21-11-14/h8-12H,2-7H2,1H3,(H,24,27,28)/b15-8+. The summed E-state index contributed by atoms with van der Waals surface area (Å²) in [6, 6.07) is 1.64. The second-order valence-corrected chi connectivity index (χ2v) is 7.71. The van der Waals surface area contributed by atoms with Gasteiger partial charge in [0.1, 0.15) is 12.9 Å². The van der Waals surface area contributed by atoms with E-state index in [0.29, 0.717) is 43.8 Å². The number of rotatable bonds is 7. The highest BCUT2D eigenvalue weighted by Crippen LogP contribution is 2.27. The lowest BCUT2D eigenvalue weighted by atomic mass is 10.3. The maximum atomic E-state index is 11.9. The molecule has 0 saturated carbocycles. The van der Waals surface area contributed by atoms with Gasteiger partial charge in [0.2, 0.25) is 11.8 Å². The molecule has 0 unspecified atom stereocenters. The molecular formula is C19H21N7O4S. The third-order valence-electron chi connectivity index (χ3n) is 4.64. The highest BCUT2D eigenvalue weighted by atomic mass is 32.2. The van der Waals surface area contributed by atoms with Crippen LogP contribution in [0.15, 0.2) is 29.7 Å². The number of nitrogens with zero attached hydrogens (tertiary/aromatic N) is 6. The normalized spacial score (nSPS) is 17.9. The van der Waals surface area contributed by atoms with Gasteiger partial charge in [0, 0.05) is 39.4 Å². The molecule has 2 aliphatic rings. The highest BCUT2D eigenvalue weighted by Gasteiger charge is 2.26. The molecule has 0 aliphatic carbocycles. The molecule has 2 aromatic rings. The van der Waals surface area contributed by atoms with Gasteiger partial charge >= 0.3 is 0 Å². The SMILES string of the molecule is COCCOc1cc(/C=C2/SC(=O)NC2=O)nc(N2CCN(c3cncnc3)CC2)n1. The smallest absolute Gasteiger partial charge is 0.290 e. The van der Waals surface area contributed by atoms with Gasteiger partial charge < -0.3 is 19.3 Å². The molecule has 12 heteroatoms. The van der Waals surface area contributed by atoms with Crippen LogP contribution in [0.25, 0.3) is 6.08 Å². The lowest BCUT2D eigenvalue weighted by Gasteiger charge is -2.35. The van der Waals surface area contributed by atoms with Crippen LogP contribution in [0.5, 0.6) is 5.88 Å². The van der Waals surface area contributed by atoms with E-state index in [2.05, 4.69) is 35.1 Å². The Balaban J connectivity index is 1.53. The minimum absolute atomic E-state index is 0.284. The zero-order valence-electron chi connectivity index (χ0n) is 16.9. The van der Waals surface area contributed by atoms with Crippen molar-refractivity contribution in [1.29, 1.82) is 0 Å². The van der Waals surface area contributed by atoms with Gasteiger partial charge in [0.25, 0.3) is 11.1 Å². The van der Waals surface area contributed by atoms with E-state index in [1.807, 2.05) is 0 Å². The van der Waals surface area contributed by atoms with Crippen LogP contribution >= 0.6 is 11.8 Å². The summed E-state index contributed by atoms with van der Waals surface area (Å²) in [4.78, 5) is 45.2. The fourth-order valence-corrected chi connectivity index (χ4v) is 3.79. The van der Waals surface area contributed by atoms with Crippen LogP contribution in [0.1, 0.15) is 5.69 Å². The number of hydrogen-bond acceptors (Lipinski definition) is 11. The van der Waals surface area contributed by atoms with E-state index in [0.717, 1.165) is 30.5 Å². The Morgan fingerprint density at radius 2 is 1.84 bits per heavy atom. The van der Waals surface area contributed by atoms with Crippen LogP contribution in [-0.4, -0.2) is 77.6 Å². The van der Waals surface area contributed by atoms with E-state index in [1.165, 1.54) is 6.33 Å². The maximum absolute atomic E-state index is 11.9. The third-order valence-corrected chi connectivity index (χ3v) is 5.45. The number of thioether (sulfide) groups is 1. The molecule has 1 N–H and O–H groups in total. The predicted molar refractivity (Wildman–Crippen MR) is 115 cm³/mol. The summed E-state index contributed by atoms with van der Waals surface area (Å²) >= 11 is 0.843. The second kappa shape index (κ2) is 9.71. The monoisotopic (exact) mass is 443 g/mol. The maximum Gasteiger partial charge on any atom is 0.290 e. The van der Waals surface area contributed by atoms with Crippen LogP contribution in [0.4, 0.5) is 16.4 Å². The molecule has 2 saturated heterocycles. The van der Waals surface area contributed by atoms with Crippen LogP contribution in [0, 0.1) is 0 Å². The first-order valence-corrected chi connectivity index (χ1v) is 10.4. The number of ether oxygens (including phenoxy) is 2. The molecule has 4 rings (SSSR count). The van der Waals surface area contributed by atoms with Crippen LogP contribution in [0.2, 0.25) is 0 Å². The Kier molecular flexibility index (Phi) is 6.57. The third kappa shape index (κ3) is 5.27. The van der Waals surface area contributed by atoms with Crippen molar-refractivity contribution in [2.24, 2.45) is 0 Å². The topological polar surface area (TPSA) is 123 Å². The highest BCUT2D eigenvalue weighted by molar-refractivity contribution is 8.18. The summed E-state index contributed by atoms with van der Waals surface area (Å²) in [5.41, 5.74) is 1.46. The molecule has 2 aliphatic heterocycles. The molecule has 2 fully saturated rings. The van der Waals surface area contributed by atoms with Crippen LogP contribution in [-0.2, 0) is 9.53 Å². The zero-order valence-corrected chi connectivity index (χ0v) is 17.7. The molecule has 0 radical (unpaired) electrons. The molecule has 0 atom stereocenters. The summed E-state index contributed by atoms with van der Waals surface area (Å²) in [5, 5.41) is 1.84. The summed E-state index contributed by atoms with van der Waals surface area (Å²) in [5.74, 6) is 0.443. The van der Waals surface area contributed by atoms with E-state index < -0.39 is 11.1 Å². The quantitative estimate of drug-likeness (QED) is 0.486. The Morgan fingerprint density at radius 1 is 1.10 bits per heavy atom. The molecule has 31 heavy (non-hydrogen) atoms. The van der Waals surface area contributed by atoms with E-state index in [9.17, 15) is 9.59 Å². The van der Waals surface area contributed by atoms with Crippen LogP contribution in [0.3, 0.4) is 0 Å². The van der Waals surface area contributed by atoms with Crippen molar-refractivity contribution in [2.45, 2.75) is 0 Å². The molecular weight excluding hydrogens is 422 g/mol. The number of nitrogens with one attached hydrogen (secondary N) is 1. The fourth-order valence-electron chi connectivity index (χ4n) is 3.12. The average Bonchev–Trinajstić information content (AvgIpc) is 3.11. The van der Waals surface area contributed by atoms with E-state index in [1.54, 1.807) is 31.6 Å². The summed E-state index contributed by atoms with van der Waals surface area (Å²) in [6.07, 6.45) is 6.66. The average molecular weight is 443 g/mol. The van der Waals surface area contributed by atoms with E-state index >= 15 is 0 Å². The predicted octanol–water partition coefficient (Wildman–Crippen LogP) is 0.942. The van der Waals surface area contributed by atoms with Gasteiger partial charge in [-0.25, -0.2) is 15.0 Å². The molecule has 2 amide bonds. The largest absolute Gasteiger partial charge is 0.475 e. The minimum Gasteiger partial charge on any atom is -0.475 e. The first kappa shape index (κ1) is 21.0. The van der Waals surface area contributed by atoms with Gasteiger partial charge in [-0.3, -0.25) is 14.9 Å². The van der Waals surface area contributed by atoms with Crippen molar-refractivity contribution < 1.29 is 19.1 Å². The minimum atomic E-state index is -0.435. The molecule has 4 heterocycles. The van der Waals surface area contributed by atoms with E-state index in [4.69, 9.17) is 9.47 Å². The van der Waals surface area contributed by atoms with Gasteiger partial charge in [-0.1, -0.05) is 0 Å². The van der Waals surface area contributed by atoms with Gasteiger partial charge in [-0.2, -0.15) is 4.98 Å². The molecule has 2 aromatic heterocycles. The van der Waals surface area contributed by atoms with Crippen LogP contribution < -0.4 is 19.9 Å². The Morgan fingerprint density at radius 3 is 2.52 bits per heavy atom. The molecule has 0 spiro atoms. The number of amides is 2. The first-order valence-electron chi connectivity index (χ1n) is 9.63. The van der Waals surface area contributed by atoms with Gasteiger partial charge in [-0.05, 0) is 17.8 Å². The van der Waals surface area contributed by atoms with Crippen molar-refractivity contribution in [2.75, 3.05) is 56.3 Å². The number of carbonyl (C=O) groups excluding carboxylic acids is 2. The number of imide groups is 1. The fraction of sp³-hybridized carbons (Fsp3) is 0.368. The Hall–Kier alpha value is -3.25. The first-order chi connectivity index (χ1) is 15.1. The Labute approximate surface area is 182 Å². The number of anilines is 2. The van der Waals surface area contributed by atoms with Crippen molar-refractivity contribution in [3.63, 3.8) is 0 Å². The van der Waals surface area contributed by atoms with Gasteiger partial charge in [-0.15, -0.1) is 0 Å². The van der Waals surface area contributed by atoms with E-state index in [-0.39, 0.29) is 4.91 Å². The van der Waals surface area contributed by atoms with Gasteiger partial charge in [0.15, 0.2) is 0 Å². The number of hydrogen-bond donors (Lipinski definition) is 1. The van der Waals surface area contributed by atoms with Gasteiger partial charge in [0.05, 0.1) is 35.3 Å². The molecule has 0 bridgehead atoms. The van der Waals surface area contributed by atoms with Crippen molar-refractivity contribution >= 4 is 40.6 Å². The number of carbonyl (C=O) groups is 2. The number of methoxy groups -OCH3 is 1. The summed E-state index contributed by atoms with van der Waals surface area (Å²) in [7, 11) is 1.59. The Bertz CT molecular complexity index is 980.